The van der Waals surface area contributed by atoms with E-state index >= 15 is 0 Å². The summed E-state index contributed by atoms with van der Waals surface area (Å²) in [7, 11) is -2.90. The van der Waals surface area contributed by atoms with Crippen LogP contribution in [0.5, 0.6) is 0 Å². The average Bonchev–Trinajstić information content (AvgIpc) is 2.30. The molecule has 0 radical (unpaired) electrons. The molecule has 0 N–H and O–H groups in total. The van der Waals surface area contributed by atoms with Gasteiger partial charge in [0.2, 0.25) is 0 Å². The summed E-state index contributed by atoms with van der Waals surface area (Å²) in [5.74, 6) is 0.392. The van der Waals surface area contributed by atoms with Gasteiger partial charge in [-0.15, -0.1) is 0 Å². The summed E-state index contributed by atoms with van der Waals surface area (Å²) in [6.45, 7) is 2.89. The molecular formula is C11H19NO3S. The molecule has 1 heterocycles. The maximum atomic E-state index is 11.3. The lowest BCUT2D eigenvalue weighted by Crippen LogP contribution is -2.28. The van der Waals surface area contributed by atoms with Crippen molar-refractivity contribution in [1.29, 1.82) is 5.26 Å². The van der Waals surface area contributed by atoms with Gasteiger partial charge in [0, 0.05) is 19.0 Å². The molecule has 0 saturated carbocycles. The molecule has 0 aromatic carbocycles. The van der Waals surface area contributed by atoms with Crippen molar-refractivity contribution < 1.29 is 13.2 Å². The first-order valence-electron chi connectivity index (χ1n) is 5.73. The van der Waals surface area contributed by atoms with Gasteiger partial charge in [-0.25, -0.2) is 8.42 Å². The molecule has 1 rings (SSSR count). The molecule has 1 saturated heterocycles. The van der Waals surface area contributed by atoms with E-state index in [1.54, 1.807) is 6.92 Å². The highest BCUT2D eigenvalue weighted by atomic mass is 32.2. The third-order valence-corrected chi connectivity index (χ3v) is 5.03. The zero-order valence-electron chi connectivity index (χ0n) is 9.74. The first kappa shape index (κ1) is 13.5. The summed E-state index contributed by atoms with van der Waals surface area (Å²) >= 11 is 0. The highest BCUT2D eigenvalue weighted by molar-refractivity contribution is 7.91. The Balaban J connectivity index is 2.44. The van der Waals surface area contributed by atoms with Gasteiger partial charge in [0.1, 0.15) is 9.84 Å². The van der Waals surface area contributed by atoms with Crippen molar-refractivity contribution in [3.05, 3.63) is 0 Å². The first-order valence-corrected chi connectivity index (χ1v) is 7.55. The third kappa shape index (κ3) is 3.76. The zero-order chi connectivity index (χ0) is 12.1. The SMILES string of the molecule is CCS(=O)(=O)CCCC1(C#N)CCOCC1. The van der Waals surface area contributed by atoms with Crippen LogP contribution in [0.3, 0.4) is 0 Å². The van der Waals surface area contributed by atoms with Crippen LogP contribution in [0.15, 0.2) is 0 Å². The van der Waals surface area contributed by atoms with Crippen LogP contribution >= 0.6 is 0 Å². The van der Waals surface area contributed by atoms with Crippen molar-refractivity contribution in [3.63, 3.8) is 0 Å². The number of rotatable bonds is 5. The Labute approximate surface area is 97.5 Å². The fourth-order valence-electron chi connectivity index (χ4n) is 1.95. The van der Waals surface area contributed by atoms with Gasteiger partial charge in [0.25, 0.3) is 0 Å². The number of hydrogen-bond donors (Lipinski definition) is 0. The number of nitrogens with zero attached hydrogens (tertiary/aromatic N) is 1. The van der Waals surface area contributed by atoms with Gasteiger partial charge in [0.05, 0.1) is 17.2 Å². The summed E-state index contributed by atoms with van der Waals surface area (Å²) in [4.78, 5) is 0. The fraction of sp³-hybridized carbons (Fsp3) is 0.909. The lowest BCUT2D eigenvalue weighted by molar-refractivity contribution is 0.0368. The summed E-state index contributed by atoms with van der Waals surface area (Å²) in [5.41, 5.74) is -0.346. The normalized spacial score (nSPS) is 20.2. The number of hydrogen-bond acceptors (Lipinski definition) is 4. The Bertz CT molecular complexity index is 350. The van der Waals surface area contributed by atoms with E-state index in [2.05, 4.69) is 6.07 Å². The maximum absolute atomic E-state index is 11.3. The van der Waals surface area contributed by atoms with E-state index in [0.29, 0.717) is 26.1 Å². The molecular weight excluding hydrogens is 226 g/mol. The molecule has 0 spiro atoms. The first-order chi connectivity index (χ1) is 7.54. The van der Waals surface area contributed by atoms with E-state index in [0.717, 1.165) is 12.8 Å². The maximum Gasteiger partial charge on any atom is 0.150 e. The molecule has 16 heavy (non-hydrogen) atoms. The highest BCUT2D eigenvalue weighted by Crippen LogP contribution is 2.34. The van der Waals surface area contributed by atoms with Crippen LogP contribution in [0.1, 0.15) is 32.6 Å². The van der Waals surface area contributed by atoms with Gasteiger partial charge in [-0.05, 0) is 25.7 Å². The van der Waals surface area contributed by atoms with Crippen LogP contribution < -0.4 is 0 Å². The quantitative estimate of drug-likeness (QED) is 0.736. The molecule has 92 valence electrons. The van der Waals surface area contributed by atoms with Crippen molar-refractivity contribution in [2.24, 2.45) is 5.41 Å². The predicted octanol–water partition coefficient (Wildman–Crippen LogP) is 1.52. The summed E-state index contributed by atoms with van der Waals surface area (Å²) in [6, 6.07) is 2.35. The lowest BCUT2D eigenvalue weighted by Gasteiger charge is -2.30. The fourth-order valence-corrected chi connectivity index (χ4v) is 2.83. The summed E-state index contributed by atoms with van der Waals surface area (Å²) < 4.78 is 27.9. The van der Waals surface area contributed by atoms with Crippen molar-refractivity contribution in [2.45, 2.75) is 32.6 Å². The number of sulfone groups is 1. The van der Waals surface area contributed by atoms with Crippen LogP contribution in [0.4, 0.5) is 0 Å². The van der Waals surface area contributed by atoms with Gasteiger partial charge in [-0.3, -0.25) is 0 Å². The van der Waals surface area contributed by atoms with Crippen LogP contribution in [0, 0.1) is 16.7 Å². The molecule has 0 bridgehead atoms. The van der Waals surface area contributed by atoms with Gasteiger partial charge >= 0.3 is 0 Å². The van der Waals surface area contributed by atoms with Crippen LogP contribution in [-0.2, 0) is 14.6 Å². The predicted molar refractivity (Wildman–Crippen MR) is 61.7 cm³/mol. The second-order valence-electron chi connectivity index (χ2n) is 4.34. The smallest absolute Gasteiger partial charge is 0.150 e. The van der Waals surface area contributed by atoms with Gasteiger partial charge in [0.15, 0.2) is 0 Å². The van der Waals surface area contributed by atoms with Crippen LogP contribution in [0.25, 0.3) is 0 Å². The molecule has 0 aliphatic carbocycles. The standard InChI is InChI=1S/C11H19NO3S/c1-2-16(13,14)9-3-4-11(10-12)5-7-15-8-6-11/h2-9H2,1H3. The van der Waals surface area contributed by atoms with E-state index in [-0.39, 0.29) is 16.9 Å². The summed E-state index contributed by atoms with van der Waals surface area (Å²) in [6.07, 6.45) is 2.72. The van der Waals surface area contributed by atoms with Crippen molar-refractivity contribution in [3.8, 4) is 6.07 Å². The molecule has 4 nitrogen and oxygen atoms in total. The Morgan fingerprint density at radius 2 is 2.00 bits per heavy atom. The van der Waals surface area contributed by atoms with Crippen molar-refractivity contribution in [1.82, 2.24) is 0 Å². The minimum atomic E-state index is -2.90. The largest absolute Gasteiger partial charge is 0.381 e. The lowest BCUT2D eigenvalue weighted by atomic mass is 9.78. The van der Waals surface area contributed by atoms with E-state index < -0.39 is 9.84 Å². The van der Waals surface area contributed by atoms with Crippen molar-refractivity contribution >= 4 is 9.84 Å². The molecule has 0 unspecified atom stereocenters. The Morgan fingerprint density at radius 1 is 1.38 bits per heavy atom. The minimum Gasteiger partial charge on any atom is -0.381 e. The molecule has 1 fully saturated rings. The summed E-state index contributed by atoms with van der Waals surface area (Å²) in [5, 5.41) is 9.17. The monoisotopic (exact) mass is 245 g/mol. The van der Waals surface area contributed by atoms with E-state index in [9.17, 15) is 13.7 Å². The number of ether oxygens (including phenoxy) is 1. The molecule has 0 aromatic rings. The van der Waals surface area contributed by atoms with Crippen LogP contribution in [0.2, 0.25) is 0 Å². The Hall–Kier alpha value is -0.600. The molecule has 0 amide bonds. The Morgan fingerprint density at radius 3 is 2.50 bits per heavy atom. The van der Waals surface area contributed by atoms with E-state index in [4.69, 9.17) is 4.74 Å². The van der Waals surface area contributed by atoms with Crippen molar-refractivity contribution in [2.75, 3.05) is 24.7 Å². The number of nitriles is 1. The molecule has 0 aromatic heterocycles. The van der Waals surface area contributed by atoms with Gasteiger partial charge in [-0.2, -0.15) is 5.26 Å². The topological polar surface area (TPSA) is 67.2 Å². The second-order valence-corrected chi connectivity index (χ2v) is 6.82. The molecule has 0 atom stereocenters. The minimum absolute atomic E-state index is 0.190. The third-order valence-electron chi connectivity index (χ3n) is 3.24. The Kier molecular flexibility index (Phi) is 4.75. The molecule has 1 aliphatic rings. The zero-order valence-corrected chi connectivity index (χ0v) is 10.6. The second kappa shape index (κ2) is 5.65. The van der Waals surface area contributed by atoms with E-state index in [1.807, 2.05) is 0 Å². The van der Waals surface area contributed by atoms with E-state index in [1.165, 1.54) is 0 Å². The average molecular weight is 245 g/mol. The van der Waals surface area contributed by atoms with Gasteiger partial charge in [-0.1, -0.05) is 6.92 Å². The molecule has 5 heteroatoms. The highest BCUT2D eigenvalue weighted by Gasteiger charge is 2.32. The van der Waals surface area contributed by atoms with Gasteiger partial charge < -0.3 is 4.74 Å². The van der Waals surface area contributed by atoms with Crippen LogP contribution in [-0.4, -0.2) is 33.1 Å². The molecule has 1 aliphatic heterocycles.